The number of halogens is 1. The molecular formula is C18H15FN2O3S. The zero-order valence-corrected chi connectivity index (χ0v) is 14.5. The van der Waals surface area contributed by atoms with Gasteiger partial charge in [0.1, 0.15) is 15.9 Å². The van der Waals surface area contributed by atoms with Crippen molar-refractivity contribution in [2.75, 3.05) is 0 Å². The van der Waals surface area contributed by atoms with Crippen molar-refractivity contribution in [1.29, 1.82) is 0 Å². The fourth-order valence-electron chi connectivity index (χ4n) is 3.22. The normalized spacial score (nSPS) is 19.2. The molecule has 0 aliphatic heterocycles. The lowest BCUT2D eigenvalue weighted by Gasteiger charge is -2.15. The third kappa shape index (κ3) is 2.46. The van der Waals surface area contributed by atoms with Gasteiger partial charge in [0, 0.05) is 13.5 Å². The van der Waals surface area contributed by atoms with Crippen molar-refractivity contribution in [3.63, 3.8) is 0 Å². The molecule has 0 N–H and O–H groups in total. The number of fused-ring (bicyclic) bond motifs is 2. The Labute approximate surface area is 146 Å². The van der Waals surface area contributed by atoms with Gasteiger partial charge < -0.3 is 9.30 Å². The first-order valence-corrected chi connectivity index (χ1v) is 8.66. The van der Waals surface area contributed by atoms with Gasteiger partial charge in [-0.15, -0.1) is 11.3 Å². The number of benzene rings is 1. The molecule has 2 heterocycles. The molecule has 5 nitrogen and oxygen atoms in total. The molecule has 0 fully saturated rings. The van der Waals surface area contributed by atoms with E-state index >= 15 is 0 Å². The fourth-order valence-corrected chi connectivity index (χ4v) is 4.24. The van der Waals surface area contributed by atoms with Gasteiger partial charge in [0.15, 0.2) is 6.10 Å². The van der Waals surface area contributed by atoms with Crippen molar-refractivity contribution in [3.8, 4) is 0 Å². The van der Waals surface area contributed by atoms with Crippen LogP contribution in [0.3, 0.4) is 0 Å². The second-order valence-electron chi connectivity index (χ2n) is 6.14. The minimum atomic E-state index is -1.26. The maximum atomic E-state index is 14.3. The van der Waals surface area contributed by atoms with Crippen LogP contribution in [0.5, 0.6) is 0 Å². The van der Waals surface area contributed by atoms with E-state index in [0.717, 1.165) is 16.9 Å². The number of thiophene rings is 1. The quantitative estimate of drug-likeness (QED) is 0.661. The van der Waals surface area contributed by atoms with Crippen molar-refractivity contribution >= 4 is 27.5 Å². The largest absolute Gasteiger partial charge is 0.450 e. The summed E-state index contributed by atoms with van der Waals surface area (Å²) in [6, 6.07) is 7.26. The fraction of sp³-hybridized carbons (Fsp3) is 0.278. The Balaban J connectivity index is 1.71. The Kier molecular flexibility index (Phi) is 3.68. The number of hydrogen-bond acceptors (Lipinski definition) is 5. The van der Waals surface area contributed by atoms with E-state index in [2.05, 4.69) is 4.98 Å². The molecule has 7 heteroatoms. The van der Waals surface area contributed by atoms with E-state index in [4.69, 9.17) is 4.74 Å². The van der Waals surface area contributed by atoms with E-state index in [1.54, 1.807) is 26.1 Å². The number of alkyl halides is 1. The number of rotatable bonds is 2. The predicted octanol–water partition coefficient (Wildman–Crippen LogP) is 3.10. The van der Waals surface area contributed by atoms with E-state index in [1.807, 2.05) is 12.1 Å². The van der Waals surface area contributed by atoms with Gasteiger partial charge in [-0.05, 0) is 23.6 Å². The van der Waals surface area contributed by atoms with Crippen LogP contribution in [-0.2, 0) is 18.2 Å². The molecule has 0 amide bonds. The van der Waals surface area contributed by atoms with E-state index in [0.29, 0.717) is 26.2 Å². The number of aryl methyl sites for hydroxylation is 2. The number of ether oxygens (including phenoxy) is 1. The SMILES string of the molecule is Cc1c(C(=O)OC2c3ccccc3CC2F)sc2ncn(C)c(=O)c12. The first kappa shape index (κ1) is 16.0. The highest BCUT2D eigenvalue weighted by Crippen LogP contribution is 2.37. The van der Waals surface area contributed by atoms with Gasteiger partial charge >= 0.3 is 5.97 Å². The molecule has 1 aliphatic carbocycles. The number of carbonyl (C=O) groups excluding carboxylic acids is 1. The molecule has 2 unspecified atom stereocenters. The van der Waals surface area contributed by atoms with Crippen LogP contribution in [0.2, 0.25) is 0 Å². The summed E-state index contributed by atoms with van der Waals surface area (Å²) < 4.78 is 21.2. The number of esters is 1. The molecule has 2 aromatic heterocycles. The van der Waals surface area contributed by atoms with Gasteiger partial charge in [-0.25, -0.2) is 14.2 Å². The number of carbonyl (C=O) groups is 1. The highest BCUT2D eigenvalue weighted by molar-refractivity contribution is 7.20. The Morgan fingerprint density at radius 1 is 1.40 bits per heavy atom. The maximum absolute atomic E-state index is 14.3. The summed E-state index contributed by atoms with van der Waals surface area (Å²) in [6.45, 7) is 1.69. The molecule has 4 rings (SSSR count). The molecule has 0 radical (unpaired) electrons. The van der Waals surface area contributed by atoms with Crippen LogP contribution in [0, 0.1) is 6.92 Å². The minimum absolute atomic E-state index is 0.215. The standard InChI is InChI=1S/C18H15FN2O3S/c1-9-13-16(20-8-21(2)17(13)22)25-15(9)18(23)24-14-11-6-4-3-5-10(11)7-12(14)19/h3-6,8,12,14H,7H2,1-2H3. The summed E-state index contributed by atoms with van der Waals surface area (Å²) in [4.78, 5) is 29.9. The number of hydrogen-bond donors (Lipinski definition) is 0. The lowest BCUT2D eigenvalue weighted by atomic mass is 10.1. The van der Waals surface area contributed by atoms with Crippen LogP contribution < -0.4 is 5.56 Å². The van der Waals surface area contributed by atoms with E-state index in [1.165, 1.54) is 10.9 Å². The first-order valence-electron chi connectivity index (χ1n) is 7.85. The highest BCUT2D eigenvalue weighted by atomic mass is 32.1. The van der Waals surface area contributed by atoms with E-state index in [9.17, 15) is 14.0 Å². The Morgan fingerprint density at radius 2 is 2.16 bits per heavy atom. The summed E-state index contributed by atoms with van der Waals surface area (Å²) in [7, 11) is 1.60. The van der Waals surface area contributed by atoms with Gasteiger partial charge in [-0.2, -0.15) is 0 Å². The summed E-state index contributed by atoms with van der Waals surface area (Å²) >= 11 is 1.10. The van der Waals surface area contributed by atoms with Crippen LogP contribution in [0.25, 0.3) is 10.2 Å². The maximum Gasteiger partial charge on any atom is 0.349 e. The summed E-state index contributed by atoms with van der Waals surface area (Å²) in [6.07, 6.45) is -0.520. The third-order valence-corrected chi connectivity index (χ3v) is 5.71. The first-order chi connectivity index (χ1) is 12.0. The van der Waals surface area contributed by atoms with Gasteiger partial charge in [-0.3, -0.25) is 4.79 Å². The highest BCUT2D eigenvalue weighted by Gasteiger charge is 2.36. The van der Waals surface area contributed by atoms with Crippen LogP contribution in [0.1, 0.15) is 32.5 Å². The van der Waals surface area contributed by atoms with Crippen LogP contribution in [0.4, 0.5) is 4.39 Å². The molecule has 1 aromatic carbocycles. The summed E-state index contributed by atoms with van der Waals surface area (Å²) in [5.74, 6) is -0.619. The van der Waals surface area contributed by atoms with Crippen LogP contribution in [0.15, 0.2) is 35.4 Å². The third-order valence-electron chi connectivity index (χ3n) is 4.54. The van der Waals surface area contributed by atoms with Gasteiger partial charge in [-0.1, -0.05) is 24.3 Å². The van der Waals surface area contributed by atoms with Gasteiger partial charge in [0.25, 0.3) is 5.56 Å². The average Bonchev–Trinajstić information content (AvgIpc) is 3.09. The number of nitrogens with zero attached hydrogens (tertiary/aromatic N) is 2. The van der Waals surface area contributed by atoms with Crippen molar-refractivity contribution in [2.45, 2.75) is 25.6 Å². The molecule has 0 bridgehead atoms. The molecule has 0 saturated carbocycles. The molecule has 0 spiro atoms. The minimum Gasteiger partial charge on any atom is -0.450 e. The lowest BCUT2D eigenvalue weighted by molar-refractivity contribution is 0.0109. The molecule has 2 atom stereocenters. The summed E-state index contributed by atoms with van der Waals surface area (Å²) in [5, 5.41) is 0.408. The molecule has 25 heavy (non-hydrogen) atoms. The van der Waals surface area contributed by atoms with Crippen molar-refractivity contribution in [1.82, 2.24) is 9.55 Å². The van der Waals surface area contributed by atoms with Crippen molar-refractivity contribution in [3.05, 3.63) is 62.5 Å². The van der Waals surface area contributed by atoms with E-state index < -0.39 is 18.2 Å². The predicted molar refractivity (Wildman–Crippen MR) is 92.8 cm³/mol. The topological polar surface area (TPSA) is 61.2 Å². The average molecular weight is 358 g/mol. The Morgan fingerprint density at radius 3 is 2.96 bits per heavy atom. The monoisotopic (exact) mass is 358 g/mol. The van der Waals surface area contributed by atoms with Gasteiger partial charge in [0.2, 0.25) is 0 Å². The van der Waals surface area contributed by atoms with Crippen molar-refractivity contribution < 1.29 is 13.9 Å². The summed E-state index contributed by atoms with van der Waals surface area (Å²) in [5.41, 5.74) is 1.88. The van der Waals surface area contributed by atoms with Crippen LogP contribution in [-0.4, -0.2) is 21.7 Å². The Bertz CT molecular complexity index is 1060. The molecule has 128 valence electrons. The second-order valence-corrected chi connectivity index (χ2v) is 7.14. The second kappa shape index (κ2) is 5.77. The van der Waals surface area contributed by atoms with Crippen molar-refractivity contribution in [2.24, 2.45) is 7.05 Å². The molecule has 0 saturated heterocycles. The molecular weight excluding hydrogens is 343 g/mol. The lowest BCUT2D eigenvalue weighted by Crippen LogP contribution is -2.18. The van der Waals surface area contributed by atoms with E-state index in [-0.39, 0.29) is 12.0 Å². The zero-order valence-electron chi connectivity index (χ0n) is 13.7. The molecule has 1 aliphatic rings. The van der Waals surface area contributed by atoms with Gasteiger partial charge in [0.05, 0.1) is 11.7 Å². The zero-order chi connectivity index (χ0) is 17.7. The Hall–Kier alpha value is -2.54. The number of aromatic nitrogens is 2. The smallest absolute Gasteiger partial charge is 0.349 e. The van der Waals surface area contributed by atoms with Crippen LogP contribution >= 0.6 is 11.3 Å². The molecule has 3 aromatic rings.